The number of amides is 1. The van der Waals surface area contributed by atoms with Gasteiger partial charge in [0, 0.05) is 6.20 Å². The van der Waals surface area contributed by atoms with Crippen molar-refractivity contribution in [2.75, 3.05) is 5.73 Å². The fourth-order valence-corrected chi connectivity index (χ4v) is 1.59. The van der Waals surface area contributed by atoms with Crippen LogP contribution in [0.1, 0.15) is 36.5 Å². The molecule has 0 radical (unpaired) electrons. The molecule has 0 aliphatic carbocycles. The molecule has 0 saturated heterocycles. The molecule has 6 heteroatoms. The van der Waals surface area contributed by atoms with E-state index in [4.69, 9.17) is 16.7 Å². The first-order valence-corrected chi connectivity index (χ1v) is 5.60. The molecule has 17 heavy (non-hydrogen) atoms. The van der Waals surface area contributed by atoms with Crippen LogP contribution in [0.2, 0.25) is 0 Å². The van der Waals surface area contributed by atoms with Crippen molar-refractivity contribution in [3.05, 3.63) is 11.8 Å². The predicted molar refractivity (Wildman–Crippen MR) is 63.8 cm³/mol. The Morgan fingerprint density at radius 1 is 1.71 bits per heavy atom. The zero-order valence-corrected chi connectivity index (χ0v) is 9.89. The molecule has 0 aromatic carbocycles. The summed E-state index contributed by atoms with van der Waals surface area (Å²) in [6.45, 7) is 2.51. The number of nitrogen functional groups attached to an aromatic ring is 1. The summed E-state index contributed by atoms with van der Waals surface area (Å²) in [6, 6.07) is 2.23. The van der Waals surface area contributed by atoms with Gasteiger partial charge in [0.1, 0.15) is 5.56 Å². The Labute approximate surface area is 100 Å². The summed E-state index contributed by atoms with van der Waals surface area (Å²) in [5.74, 6) is -0.601. The Bertz CT molecular complexity index is 432. The van der Waals surface area contributed by atoms with Crippen LogP contribution in [-0.4, -0.2) is 15.7 Å². The summed E-state index contributed by atoms with van der Waals surface area (Å²) < 4.78 is 1.51. The number of hydrogen-bond acceptors (Lipinski definition) is 4. The van der Waals surface area contributed by atoms with E-state index in [2.05, 4.69) is 18.1 Å². The summed E-state index contributed by atoms with van der Waals surface area (Å²) in [6.07, 6.45) is 4.36. The molecule has 92 valence electrons. The van der Waals surface area contributed by atoms with Crippen molar-refractivity contribution < 1.29 is 4.79 Å². The Morgan fingerprint density at radius 2 is 2.41 bits per heavy atom. The number of aromatic nitrogens is 2. The zero-order chi connectivity index (χ0) is 12.8. The number of primary amides is 1. The van der Waals surface area contributed by atoms with Gasteiger partial charge in [-0.25, -0.2) is 0 Å². The first kappa shape index (κ1) is 13.0. The van der Waals surface area contributed by atoms with Gasteiger partial charge in [-0.05, 0) is 6.42 Å². The molecule has 1 amide bonds. The van der Waals surface area contributed by atoms with E-state index >= 15 is 0 Å². The number of carbonyl (C=O) groups is 1. The van der Waals surface area contributed by atoms with Gasteiger partial charge in [0.25, 0.3) is 5.91 Å². The molecule has 1 atom stereocenters. The van der Waals surface area contributed by atoms with Crippen molar-refractivity contribution >= 4 is 11.7 Å². The van der Waals surface area contributed by atoms with Crippen LogP contribution in [0.25, 0.3) is 0 Å². The zero-order valence-electron chi connectivity index (χ0n) is 9.89. The minimum atomic E-state index is -0.601. The minimum absolute atomic E-state index is 0.115. The van der Waals surface area contributed by atoms with Crippen LogP contribution in [-0.2, 0) is 6.54 Å². The molecular weight excluding hydrogens is 218 g/mol. The topological polar surface area (TPSA) is 111 Å². The van der Waals surface area contributed by atoms with Crippen molar-refractivity contribution in [3.8, 4) is 6.07 Å². The van der Waals surface area contributed by atoms with Gasteiger partial charge in [-0.15, -0.1) is 0 Å². The minimum Gasteiger partial charge on any atom is -0.382 e. The van der Waals surface area contributed by atoms with E-state index in [1.54, 1.807) is 0 Å². The molecule has 1 aromatic heterocycles. The molecule has 1 rings (SSSR count). The molecule has 0 aliphatic rings. The summed E-state index contributed by atoms with van der Waals surface area (Å²) in [4.78, 5) is 11.0. The highest BCUT2D eigenvalue weighted by Crippen LogP contribution is 2.13. The molecular formula is C11H17N5O. The van der Waals surface area contributed by atoms with E-state index in [9.17, 15) is 4.79 Å². The normalized spacial score (nSPS) is 12.0. The van der Waals surface area contributed by atoms with Gasteiger partial charge in [-0.2, -0.15) is 10.4 Å². The van der Waals surface area contributed by atoms with Gasteiger partial charge in [-0.1, -0.05) is 19.8 Å². The Kier molecular flexibility index (Phi) is 4.52. The number of nitriles is 1. The molecule has 1 heterocycles. The second-order valence-electron chi connectivity index (χ2n) is 3.98. The van der Waals surface area contributed by atoms with E-state index in [0.717, 1.165) is 19.3 Å². The molecule has 0 bridgehead atoms. The summed E-state index contributed by atoms with van der Waals surface area (Å²) in [5, 5.41) is 13.0. The molecule has 0 spiro atoms. The van der Waals surface area contributed by atoms with Crippen LogP contribution in [0.3, 0.4) is 0 Å². The number of nitrogens with two attached hydrogens (primary N) is 2. The highest BCUT2D eigenvalue weighted by atomic mass is 16.1. The maximum absolute atomic E-state index is 11.0. The van der Waals surface area contributed by atoms with Crippen molar-refractivity contribution in [3.63, 3.8) is 0 Å². The van der Waals surface area contributed by atoms with Gasteiger partial charge >= 0.3 is 0 Å². The van der Waals surface area contributed by atoms with Gasteiger partial charge < -0.3 is 11.5 Å². The smallest absolute Gasteiger partial charge is 0.254 e. The van der Waals surface area contributed by atoms with Crippen molar-refractivity contribution in [1.29, 1.82) is 5.26 Å². The van der Waals surface area contributed by atoms with E-state index in [-0.39, 0.29) is 17.3 Å². The maximum Gasteiger partial charge on any atom is 0.254 e. The molecule has 1 unspecified atom stereocenters. The average Bonchev–Trinajstić information content (AvgIpc) is 2.65. The van der Waals surface area contributed by atoms with Gasteiger partial charge in [0.2, 0.25) is 0 Å². The Balaban J connectivity index is 2.71. The standard InChI is InChI=1S/C11H17N5O/c1-2-3-4-8(5-12)6-16-7-9(11(14)17)10(13)15-16/h7-8H,2-4,6H2,1H3,(H2,13,15)(H2,14,17). The molecule has 4 N–H and O–H groups in total. The fraction of sp³-hybridized carbons (Fsp3) is 0.545. The lowest BCUT2D eigenvalue weighted by Crippen LogP contribution is -2.12. The lowest BCUT2D eigenvalue weighted by molar-refractivity contribution is 0.100. The average molecular weight is 235 g/mol. The van der Waals surface area contributed by atoms with Crippen molar-refractivity contribution in [1.82, 2.24) is 9.78 Å². The van der Waals surface area contributed by atoms with Gasteiger partial charge in [-0.3, -0.25) is 9.48 Å². The number of rotatable bonds is 6. The Hall–Kier alpha value is -2.03. The largest absolute Gasteiger partial charge is 0.382 e. The SMILES string of the molecule is CCCCC(C#N)Cn1cc(C(N)=O)c(N)n1. The quantitative estimate of drug-likeness (QED) is 0.762. The predicted octanol–water partition coefficient (Wildman–Crippen LogP) is 0.894. The molecule has 1 aromatic rings. The lowest BCUT2D eigenvalue weighted by atomic mass is 10.0. The van der Waals surface area contributed by atoms with Crippen molar-refractivity contribution in [2.45, 2.75) is 32.7 Å². The van der Waals surface area contributed by atoms with E-state index in [1.165, 1.54) is 10.9 Å². The number of unbranched alkanes of at least 4 members (excludes halogenated alkanes) is 1. The molecule has 0 aliphatic heterocycles. The Morgan fingerprint density at radius 3 is 2.88 bits per heavy atom. The van der Waals surface area contributed by atoms with Crippen LogP contribution in [0.5, 0.6) is 0 Å². The number of carbonyl (C=O) groups excluding carboxylic acids is 1. The first-order chi connectivity index (χ1) is 8.08. The van der Waals surface area contributed by atoms with E-state index in [0.29, 0.717) is 6.54 Å². The van der Waals surface area contributed by atoms with Crippen LogP contribution in [0, 0.1) is 17.2 Å². The fourth-order valence-electron chi connectivity index (χ4n) is 1.59. The molecule has 6 nitrogen and oxygen atoms in total. The summed E-state index contributed by atoms with van der Waals surface area (Å²) in [7, 11) is 0. The number of hydrogen-bond donors (Lipinski definition) is 2. The number of nitrogens with zero attached hydrogens (tertiary/aromatic N) is 3. The van der Waals surface area contributed by atoms with Crippen molar-refractivity contribution in [2.24, 2.45) is 11.7 Å². The lowest BCUT2D eigenvalue weighted by Gasteiger charge is -2.07. The molecule has 0 fully saturated rings. The monoisotopic (exact) mass is 235 g/mol. The third-order valence-electron chi connectivity index (χ3n) is 2.55. The summed E-state index contributed by atoms with van der Waals surface area (Å²) >= 11 is 0. The third kappa shape index (κ3) is 3.48. The molecule has 0 saturated carbocycles. The van der Waals surface area contributed by atoms with Crippen LogP contribution >= 0.6 is 0 Å². The van der Waals surface area contributed by atoms with Crippen LogP contribution in [0.15, 0.2) is 6.20 Å². The second kappa shape index (κ2) is 5.89. The highest BCUT2D eigenvalue weighted by molar-refractivity contribution is 5.96. The number of anilines is 1. The van der Waals surface area contributed by atoms with E-state index < -0.39 is 5.91 Å². The highest BCUT2D eigenvalue weighted by Gasteiger charge is 2.14. The first-order valence-electron chi connectivity index (χ1n) is 5.60. The summed E-state index contributed by atoms with van der Waals surface area (Å²) in [5.41, 5.74) is 10.9. The maximum atomic E-state index is 11.0. The second-order valence-corrected chi connectivity index (χ2v) is 3.98. The van der Waals surface area contributed by atoms with Gasteiger partial charge in [0.15, 0.2) is 5.82 Å². The van der Waals surface area contributed by atoms with Crippen LogP contribution in [0.4, 0.5) is 5.82 Å². The third-order valence-corrected chi connectivity index (χ3v) is 2.55. The van der Waals surface area contributed by atoms with E-state index in [1.807, 2.05) is 0 Å². The van der Waals surface area contributed by atoms with Crippen LogP contribution < -0.4 is 11.5 Å². The van der Waals surface area contributed by atoms with Gasteiger partial charge in [0.05, 0.1) is 18.5 Å².